The van der Waals surface area contributed by atoms with Crippen molar-refractivity contribution in [1.82, 2.24) is 15.1 Å². The Kier molecular flexibility index (Phi) is 6.98. The molecule has 2 aliphatic heterocycles. The second kappa shape index (κ2) is 10.1. The molecular formula is C24H26F2N4O3. The van der Waals surface area contributed by atoms with E-state index in [4.69, 9.17) is 0 Å². The van der Waals surface area contributed by atoms with Gasteiger partial charge in [-0.15, -0.1) is 0 Å². The lowest BCUT2D eigenvalue weighted by atomic mass is 10.1. The predicted octanol–water partition coefficient (Wildman–Crippen LogP) is 1.89. The van der Waals surface area contributed by atoms with Crippen molar-refractivity contribution in [1.29, 1.82) is 0 Å². The van der Waals surface area contributed by atoms with Crippen LogP contribution in [0.25, 0.3) is 0 Å². The molecule has 0 radical (unpaired) electrons. The second-order valence-corrected chi connectivity index (χ2v) is 8.31. The number of anilines is 1. The summed E-state index contributed by atoms with van der Waals surface area (Å²) in [6.45, 7) is 3.89. The SMILES string of the molecule is O=C(NCCN1CCN(C(=O)C2CC(=O)N(c3ccc(F)cc3)C2)CC1)c1ccc(F)cc1. The van der Waals surface area contributed by atoms with Gasteiger partial charge in [0.05, 0.1) is 5.92 Å². The van der Waals surface area contributed by atoms with Crippen LogP contribution in [-0.4, -0.2) is 73.3 Å². The van der Waals surface area contributed by atoms with Gasteiger partial charge in [0.1, 0.15) is 11.6 Å². The predicted molar refractivity (Wildman–Crippen MR) is 119 cm³/mol. The first-order chi connectivity index (χ1) is 15.9. The Bertz CT molecular complexity index is 1010. The summed E-state index contributed by atoms with van der Waals surface area (Å²) in [6.07, 6.45) is 0.159. The summed E-state index contributed by atoms with van der Waals surface area (Å²) in [5, 5.41) is 2.82. The first-order valence-electron chi connectivity index (χ1n) is 11.0. The summed E-state index contributed by atoms with van der Waals surface area (Å²) in [4.78, 5) is 43.0. The van der Waals surface area contributed by atoms with Crippen molar-refractivity contribution in [2.45, 2.75) is 6.42 Å². The van der Waals surface area contributed by atoms with Crippen LogP contribution >= 0.6 is 0 Å². The average molecular weight is 456 g/mol. The maximum absolute atomic E-state index is 13.2. The van der Waals surface area contributed by atoms with E-state index in [0.717, 1.165) is 0 Å². The highest BCUT2D eigenvalue weighted by Gasteiger charge is 2.37. The molecule has 0 saturated carbocycles. The highest BCUT2D eigenvalue weighted by molar-refractivity contribution is 6.00. The zero-order chi connectivity index (χ0) is 23.4. The Hall–Kier alpha value is -3.33. The van der Waals surface area contributed by atoms with Gasteiger partial charge in [-0.3, -0.25) is 19.3 Å². The standard InChI is InChI=1S/C24H26F2N4O3/c25-19-3-1-17(2-4-19)23(32)27-9-10-28-11-13-29(14-12-28)24(33)18-15-22(31)30(16-18)21-7-5-20(26)6-8-21/h1-8,18H,9-16H2,(H,27,32). The van der Waals surface area contributed by atoms with E-state index >= 15 is 0 Å². The monoisotopic (exact) mass is 456 g/mol. The van der Waals surface area contributed by atoms with Gasteiger partial charge in [-0.2, -0.15) is 0 Å². The quantitative estimate of drug-likeness (QED) is 0.721. The summed E-state index contributed by atoms with van der Waals surface area (Å²) >= 11 is 0. The van der Waals surface area contributed by atoms with Crippen LogP contribution in [0, 0.1) is 17.6 Å². The van der Waals surface area contributed by atoms with Crippen molar-refractivity contribution in [3.63, 3.8) is 0 Å². The fourth-order valence-corrected chi connectivity index (χ4v) is 4.22. The minimum atomic E-state index is -0.399. The largest absolute Gasteiger partial charge is 0.351 e. The Morgan fingerprint density at radius 3 is 2.15 bits per heavy atom. The number of amides is 3. The highest BCUT2D eigenvalue weighted by Crippen LogP contribution is 2.26. The molecule has 0 bridgehead atoms. The van der Waals surface area contributed by atoms with Crippen LogP contribution in [0.4, 0.5) is 14.5 Å². The molecule has 0 spiro atoms. The molecule has 2 saturated heterocycles. The maximum Gasteiger partial charge on any atom is 0.251 e. The van der Waals surface area contributed by atoms with Gasteiger partial charge in [0, 0.05) is 63.5 Å². The number of rotatable bonds is 6. The summed E-state index contributed by atoms with van der Waals surface area (Å²) in [5.41, 5.74) is 1.01. The zero-order valence-electron chi connectivity index (χ0n) is 18.2. The third-order valence-electron chi connectivity index (χ3n) is 6.12. The third-order valence-corrected chi connectivity index (χ3v) is 6.12. The Morgan fingerprint density at radius 2 is 1.52 bits per heavy atom. The Balaban J connectivity index is 1.20. The molecule has 3 amide bonds. The molecule has 1 N–H and O–H groups in total. The fraction of sp³-hybridized carbons (Fsp3) is 0.375. The molecule has 1 unspecified atom stereocenters. The molecule has 2 heterocycles. The van der Waals surface area contributed by atoms with Crippen LogP contribution in [0.1, 0.15) is 16.8 Å². The summed E-state index contributed by atoms with van der Waals surface area (Å²) in [5.74, 6) is -1.56. The molecular weight excluding hydrogens is 430 g/mol. The molecule has 2 aromatic rings. The lowest BCUT2D eigenvalue weighted by Crippen LogP contribution is -2.51. The minimum Gasteiger partial charge on any atom is -0.351 e. The van der Waals surface area contributed by atoms with E-state index in [0.29, 0.717) is 57.1 Å². The van der Waals surface area contributed by atoms with E-state index in [1.54, 1.807) is 21.9 Å². The summed E-state index contributed by atoms with van der Waals surface area (Å²) in [7, 11) is 0. The van der Waals surface area contributed by atoms with Crippen LogP contribution < -0.4 is 10.2 Å². The first kappa shape index (κ1) is 22.8. The average Bonchev–Trinajstić information content (AvgIpc) is 3.21. The third kappa shape index (κ3) is 5.54. The number of nitrogens with one attached hydrogen (secondary N) is 1. The molecule has 9 heteroatoms. The number of carbonyl (C=O) groups is 3. The van der Waals surface area contributed by atoms with Crippen molar-refractivity contribution in [2.75, 3.05) is 50.7 Å². The van der Waals surface area contributed by atoms with Crippen molar-refractivity contribution in [3.05, 3.63) is 65.7 Å². The Morgan fingerprint density at radius 1 is 0.909 bits per heavy atom. The van der Waals surface area contributed by atoms with E-state index < -0.39 is 5.92 Å². The van der Waals surface area contributed by atoms with Crippen molar-refractivity contribution >= 4 is 23.4 Å². The van der Waals surface area contributed by atoms with Crippen LogP contribution in [0.3, 0.4) is 0 Å². The van der Waals surface area contributed by atoms with Crippen LogP contribution in [0.5, 0.6) is 0 Å². The summed E-state index contributed by atoms with van der Waals surface area (Å²) < 4.78 is 26.1. The van der Waals surface area contributed by atoms with E-state index in [1.807, 2.05) is 0 Å². The smallest absolute Gasteiger partial charge is 0.251 e. The molecule has 4 rings (SSSR count). The van der Waals surface area contributed by atoms with Crippen molar-refractivity contribution in [2.24, 2.45) is 5.92 Å². The molecule has 0 aromatic heterocycles. The maximum atomic E-state index is 13.2. The molecule has 33 heavy (non-hydrogen) atoms. The fourth-order valence-electron chi connectivity index (χ4n) is 4.22. The number of hydrogen-bond donors (Lipinski definition) is 1. The number of halogens is 2. The summed E-state index contributed by atoms with van der Waals surface area (Å²) in [6, 6.07) is 11.1. The van der Waals surface area contributed by atoms with Gasteiger partial charge in [0.15, 0.2) is 0 Å². The van der Waals surface area contributed by atoms with E-state index in [9.17, 15) is 23.2 Å². The molecule has 1 atom stereocenters. The van der Waals surface area contributed by atoms with E-state index in [1.165, 1.54) is 36.4 Å². The lowest BCUT2D eigenvalue weighted by molar-refractivity contribution is -0.137. The number of hydrogen-bond acceptors (Lipinski definition) is 4. The number of piperazine rings is 1. The second-order valence-electron chi connectivity index (χ2n) is 8.31. The molecule has 2 aromatic carbocycles. The van der Waals surface area contributed by atoms with E-state index in [-0.39, 0.29) is 35.8 Å². The number of nitrogens with zero attached hydrogens (tertiary/aromatic N) is 3. The Labute approximate surface area is 191 Å². The minimum absolute atomic E-state index is 0.0303. The molecule has 174 valence electrons. The van der Waals surface area contributed by atoms with Crippen molar-refractivity contribution < 1.29 is 23.2 Å². The van der Waals surface area contributed by atoms with Crippen LogP contribution in [-0.2, 0) is 9.59 Å². The van der Waals surface area contributed by atoms with Crippen LogP contribution in [0.15, 0.2) is 48.5 Å². The van der Waals surface area contributed by atoms with Gasteiger partial charge in [0.25, 0.3) is 5.91 Å². The molecule has 2 aliphatic rings. The zero-order valence-corrected chi connectivity index (χ0v) is 18.2. The molecule has 7 nitrogen and oxygen atoms in total. The van der Waals surface area contributed by atoms with Gasteiger partial charge in [-0.1, -0.05) is 0 Å². The van der Waals surface area contributed by atoms with Crippen molar-refractivity contribution in [3.8, 4) is 0 Å². The normalized spacial score (nSPS) is 19.1. The number of benzene rings is 2. The lowest BCUT2D eigenvalue weighted by Gasteiger charge is -2.35. The number of carbonyl (C=O) groups excluding carboxylic acids is 3. The molecule has 2 fully saturated rings. The van der Waals surface area contributed by atoms with Gasteiger partial charge >= 0.3 is 0 Å². The topological polar surface area (TPSA) is 73.0 Å². The van der Waals surface area contributed by atoms with Gasteiger partial charge < -0.3 is 15.1 Å². The van der Waals surface area contributed by atoms with E-state index in [2.05, 4.69) is 10.2 Å². The molecule has 0 aliphatic carbocycles. The first-order valence-corrected chi connectivity index (χ1v) is 11.0. The van der Waals surface area contributed by atoms with Gasteiger partial charge in [0.2, 0.25) is 11.8 Å². The van der Waals surface area contributed by atoms with Crippen LogP contribution in [0.2, 0.25) is 0 Å². The van der Waals surface area contributed by atoms with Gasteiger partial charge in [-0.25, -0.2) is 8.78 Å². The highest BCUT2D eigenvalue weighted by atomic mass is 19.1. The van der Waals surface area contributed by atoms with Gasteiger partial charge in [-0.05, 0) is 48.5 Å².